The predicted octanol–water partition coefficient (Wildman–Crippen LogP) is 3.84. The molecule has 0 saturated carbocycles. The molecule has 0 heterocycles. The van der Waals surface area contributed by atoms with Crippen molar-refractivity contribution in [1.82, 2.24) is 4.90 Å². The van der Waals surface area contributed by atoms with E-state index < -0.39 is 0 Å². The molecule has 0 aliphatic heterocycles. The molecule has 0 aliphatic rings. The molecule has 0 fully saturated rings. The highest BCUT2D eigenvalue weighted by atomic mass is 32.1. The lowest BCUT2D eigenvalue weighted by Crippen LogP contribution is -2.28. The van der Waals surface area contributed by atoms with E-state index in [0.29, 0.717) is 0 Å². The summed E-state index contributed by atoms with van der Waals surface area (Å²) >= 11 is 4.34. The Balaban J connectivity index is 3.67. The van der Waals surface area contributed by atoms with Gasteiger partial charge >= 0.3 is 0 Å². The molecule has 92 valence electrons. The number of thiol groups is 1. The number of hydrogen-bond acceptors (Lipinski definition) is 2. The van der Waals surface area contributed by atoms with Crippen molar-refractivity contribution in [2.75, 3.05) is 25.4 Å². The minimum Gasteiger partial charge on any atom is -0.303 e. The van der Waals surface area contributed by atoms with E-state index in [1.165, 1.54) is 51.7 Å². The Bertz CT molecular complexity index is 120. The van der Waals surface area contributed by atoms with Gasteiger partial charge in [-0.25, -0.2) is 0 Å². The van der Waals surface area contributed by atoms with Crippen LogP contribution in [0.2, 0.25) is 0 Å². The second-order valence-corrected chi connectivity index (χ2v) is 4.99. The van der Waals surface area contributed by atoms with Gasteiger partial charge in [-0.1, -0.05) is 33.6 Å². The fraction of sp³-hybridized carbons (Fsp3) is 1.00. The van der Waals surface area contributed by atoms with Crippen LogP contribution in [0.5, 0.6) is 0 Å². The Morgan fingerprint density at radius 3 is 1.93 bits per heavy atom. The van der Waals surface area contributed by atoms with Crippen LogP contribution in [0.4, 0.5) is 0 Å². The van der Waals surface area contributed by atoms with E-state index in [0.717, 1.165) is 11.7 Å². The highest BCUT2D eigenvalue weighted by Gasteiger charge is 2.06. The van der Waals surface area contributed by atoms with Gasteiger partial charge in [0.15, 0.2) is 0 Å². The quantitative estimate of drug-likeness (QED) is 0.559. The summed E-state index contributed by atoms with van der Waals surface area (Å²) in [6.45, 7) is 10.7. The van der Waals surface area contributed by atoms with Crippen molar-refractivity contribution in [3.63, 3.8) is 0 Å². The number of rotatable bonds is 10. The topological polar surface area (TPSA) is 3.24 Å². The number of hydrogen-bond donors (Lipinski definition) is 1. The van der Waals surface area contributed by atoms with E-state index >= 15 is 0 Å². The lowest BCUT2D eigenvalue weighted by molar-refractivity contribution is 0.251. The van der Waals surface area contributed by atoms with Crippen LogP contribution in [-0.4, -0.2) is 30.3 Å². The minimum atomic E-state index is 0.763. The summed E-state index contributed by atoms with van der Waals surface area (Å²) in [5.41, 5.74) is 0. The standard InChI is InChI=1S/C13H29NS/c1-4-6-9-14(10-7-5-2)11-8-13(3)12-15/h13,15H,4-12H2,1-3H3. The fourth-order valence-corrected chi connectivity index (χ4v) is 1.78. The molecule has 0 rings (SSSR count). The normalized spacial score (nSPS) is 13.4. The molecule has 2 heteroatoms. The molecule has 0 aromatic carbocycles. The van der Waals surface area contributed by atoms with Crippen molar-refractivity contribution < 1.29 is 0 Å². The molecule has 1 nitrogen and oxygen atoms in total. The van der Waals surface area contributed by atoms with Crippen LogP contribution < -0.4 is 0 Å². The molecule has 0 bridgehead atoms. The van der Waals surface area contributed by atoms with Crippen molar-refractivity contribution in [2.45, 2.75) is 52.9 Å². The van der Waals surface area contributed by atoms with E-state index in [1.54, 1.807) is 0 Å². The van der Waals surface area contributed by atoms with Crippen LogP contribution in [-0.2, 0) is 0 Å². The maximum absolute atomic E-state index is 4.34. The predicted molar refractivity (Wildman–Crippen MR) is 73.9 cm³/mol. The summed E-state index contributed by atoms with van der Waals surface area (Å²) in [4.78, 5) is 2.63. The van der Waals surface area contributed by atoms with Crippen molar-refractivity contribution in [1.29, 1.82) is 0 Å². The third-order valence-corrected chi connectivity index (χ3v) is 3.53. The monoisotopic (exact) mass is 231 g/mol. The Morgan fingerprint density at radius 1 is 1.00 bits per heavy atom. The summed E-state index contributed by atoms with van der Waals surface area (Å²) in [5.74, 6) is 1.79. The zero-order valence-electron chi connectivity index (χ0n) is 10.8. The van der Waals surface area contributed by atoms with Crippen LogP contribution in [0.1, 0.15) is 52.9 Å². The van der Waals surface area contributed by atoms with Gasteiger partial charge in [0.25, 0.3) is 0 Å². The Kier molecular flexibility index (Phi) is 11.0. The molecule has 15 heavy (non-hydrogen) atoms. The third kappa shape index (κ3) is 9.25. The first-order valence-corrected chi connectivity index (χ1v) is 7.21. The van der Waals surface area contributed by atoms with E-state index in [2.05, 4.69) is 38.3 Å². The second-order valence-electron chi connectivity index (χ2n) is 4.63. The number of unbranched alkanes of at least 4 members (excludes halogenated alkanes) is 2. The van der Waals surface area contributed by atoms with Gasteiger partial charge in [-0.3, -0.25) is 0 Å². The zero-order valence-corrected chi connectivity index (χ0v) is 11.7. The van der Waals surface area contributed by atoms with Gasteiger partial charge in [0.05, 0.1) is 0 Å². The first-order valence-electron chi connectivity index (χ1n) is 6.57. The molecule has 0 amide bonds. The molecule has 0 N–H and O–H groups in total. The molecule has 0 saturated heterocycles. The average molecular weight is 231 g/mol. The molecule has 0 aliphatic carbocycles. The van der Waals surface area contributed by atoms with Gasteiger partial charge in [0, 0.05) is 0 Å². The Morgan fingerprint density at radius 2 is 1.53 bits per heavy atom. The summed E-state index contributed by atoms with van der Waals surface area (Å²) in [5, 5.41) is 0. The lowest BCUT2D eigenvalue weighted by atomic mass is 10.1. The minimum absolute atomic E-state index is 0.763. The summed E-state index contributed by atoms with van der Waals surface area (Å²) in [6.07, 6.45) is 6.62. The molecule has 0 aromatic rings. The van der Waals surface area contributed by atoms with Crippen molar-refractivity contribution in [2.24, 2.45) is 5.92 Å². The Hall–Kier alpha value is 0.310. The van der Waals surface area contributed by atoms with E-state index in [9.17, 15) is 0 Å². The van der Waals surface area contributed by atoms with Gasteiger partial charge < -0.3 is 4.90 Å². The van der Waals surface area contributed by atoms with Gasteiger partial charge in [-0.15, -0.1) is 0 Å². The lowest BCUT2D eigenvalue weighted by Gasteiger charge is -2.23. The molecule has 0 radical (unpaired) electrons. The average Bonchev–Trinajstić information content (AvgIpc) is 2.27. The van der Waals surface area contributed by atoms with Crippen LogP contribution in [0.15, 0.2) is 0 Å². The molecule has 0 aromatic heterocycles. The molecular formula is C13H29NS. The van der Waals surface area contributed by atoms with Crippen LogP contribution in [0.25, 0.3) is 0 Å². The highest BCUT2D eigenvalue weighted by Crippen LogP contribution is 2.07. The summed E-state index contributed by atoms with van der Waals surface area (Å²) in [6, 6.07) is 0. The van der Waals surface area contributed by atoms with Gasteiger partial charge in [0.1, 0.15) is 0 Å². The fourth-order valence-electron chi connectivity index (χ4n) is 1.59. The maximum atomic E-state index is 4.34. The van der Waals surface area contributed by atoms with Crippen molar-refractivity contribution >= 4 is 12.6 Å². The van der Waals surface area contributed by atoms with Gasteiger partial charge in [-0.2, -0.15) is 12.6 Å². The van der Waals surface area contributed by atoms with E-state index in [-0.39, 0.29) is 0 Å². The van der Waals surface area contributed by atoms with E-state index in [1.807, 2.05) is 0 Å². The highest BCUT2D eigenvalue weighted by molar-refractivity contribution is 7.80. The zero-order chi connectivity index (χ0) is 11.5. The first-order chi connectivity index (χ1) is 7.24. The molecular weight excluding hydrogens is 202 g/mol. The van der Waals surface area contributed by atoms with Crippen LogP contribution in [0, 0.1) is 5.92 Å². The Labute approximate surface area is 102 Å². The summed E-state index contributed by atoms with van der Waals surface area (Å²) < 4.78 is 0. The molecule has 1 atom stereocenters. The van der Waals surface area contributed by atoms with Crippen LogP contribution in [0.3, 0.4) is 0 Å². The third-order valence-electron chi connectivity index (χ3n) is 2.91. The van der Waals surface area contributed by atoms with Gasteiger partial charge in [-0.05, 0) is 50.6 Å². The smallest absolute Gasteiger partial charge is 0.00159 e. The molecule has 1 unspecified atom stereocenters. The second kappa shape index (κ2) is 10.8. The molecule has 0 spiro atoms. The summed E-state index contributed by atoms with van der Waals surface area (Å²) in [7, 11) is 0. The SMILES string of the molecule is CCCCN(CCCC)CCC(C)CS. The van der Waals surface area contributed by atoms with E-state index in [4.69, 9.17) is 0 Å². The van der Waals surface area contributed by atoms with Crippen molar-refractivity contribution in [3.8, 4) is 0 Å². The van der Waals surface area contributed by atoms with Crippen molar-refractivity contribution in [3.05, 3.63) is 0 Å². The number of nitrogens with zero attached hydrogens (tertiary/aromatic N) is 1. The maximum Gasteiger partial charge on any atom is -0.00159 e. The van der Waals surface area contributed by atoms with Gasteiger partial charge in [0.2, 0.25) is 0 Å². The first kappa shape index (κ1) is 15.3. The largest absolute Gasteiger partial charge is 0.303 e. The van der Waals surface area contributed by atoms with Crippen LogP contribution >= 0.6 is 12.6 Å².